The van der Waals surface area contributed by atoms with Crippen molar-refractivity contribution in [2.75, 3.05) is 20.3 Å². The van der Waals surface area contributed by atoms with E-state index >= 15 is 0 Å². The molecular formula is C19H21FN2O3. The number of aromatic nitrogens is 1. The summed E-state index contributed by atoms with van der Waals surface area (Å²) in [7, 11) is 1.60. The zero-order valence-corrected chi connectivity index (χ0v) is 14.1. The highest BCUT2D eigenvalue weighted by Crippen LogP contribution is 2.48. The molecule has 0 unspecified atom stereocenters. The SMILES string of the molecule is COCCOc1ncccc1CNC(=O)C1(c2ccc(F)cc2)CC1. The Morgan fingerprint density at radius 3 is 2.68 bits per heavy atom. The Labute approximate surface area is 146 Å². The minimum Gasteiger partial charge on any atom is -0.475 e. The number of ether oxygens (including phenoxy) is 2. The van der Waals surface area contributed by atoms with E-state index in [1.54, 1.807) is 31.5 Å². The summed E-state index contributed by atoms with van der Waals surface area (Å²) in [5.41, 5.74) is 1.13. The highest BCUT2D eigenvalue weighted by Gasteiger charge is 2.51. The Morgan fingerprint density at radius 1 is 1.24 bits per heavy atom. The molecule has 1 heterocycles. The molecule has 6 heteroatoms. The summed E-state index contributed by atoms with van der Waals surface area (Å²) in [6.07, 6.45) is 3.19. The second kappa shape index (κ2) is 7.61. The number of benzene rings is 1. The van der Waals surface area contributed by atoms with Crippen LogP contribution in [0.5, 0.6) is 5.88 Å². The zero-order valence-electron chi connectivity index (χ0n) is 14.1. The molecule has 0 spiro atoms. The predicted molar refractivity (Wildman–Crippen MR) is 90.8 cm³/mol. The van der Waals surface area contributed by atoms with Gasteiger partial charge in [0.2, 0.25) is 11.8 Å². The summed E-state index contributed by atoms with van der Waals surface area (Å²) in [4.78, 5) is 16.9. The van der Waals surface area contributed by atoms with Gasteiger partial charge in [0.25, 0.3) is 0 Å². The molecule has 1 aliphatic carbocycles. The number of carbonyl (C=O) groups excluding carboxylic acids is 1. The van der Waals surface area contributed by atoms with E-state index in [0.717, 1.165) is 24.0 Å². The molecular weight excluding hydrogens is 323 g/mol. The Bertz CT molecular complexity index is 730. The molecule has 1 aromatic heterocycles. The van der Waals surface area contributed by atoms with Crippen LogP contribution in [-0.4, -0.2) is 31.2 Å². The summed E-state index contributed by atoms with van der Waals surface area (Å²) in [6.45, 7) is 1.20. The van der Waals surface area contributed by atoms with Gasteiger partial charge in [0.1, 0.15) is 12.4 Å². The average Bonchev–Trinajstić information content (AvgIpc) is 3.43. The van der Waals surface area contributed by atoms with Gasteiger partial charge in [-0.2, -0.15) is 0 Å². The van der Waals surface area contributed by atoms with Gasteiger partial charge in [-0.25, -0.2) is 9.37 Å². The molecule has 1 fully saturated rings. The molecule has 0 bridgehead atoms. The van der Waals surface area contributed by atoms with Gasteiger partial charge in [-0.3, -0.25) is 4.79 Å². The fraction of sp³-hybridized carbons (Fsp3) is 0.368. The Balaban J connectivity index is 1.64. The van der Waals surface area contributed by atoms with Gasteiger partial charge in [-0.05, 0) is 36.6 Å². The molecule has 0 aliphatic heterocycles. The van der Waals surface area contributed by atoms with Crippen LogP contribution in [0, 0.1) is 5.82 Å². The first-order chi connectivity index (χ1) is 12.2. The lowest BCUT2D eigenvalue weighted by Gasteiger charge is -2.17. The number of carbonyl (C=O) groups is 1. The number of pyridine rings is 1. The summed E-state index contributed by atoms with van der Waals surface area (Å²) >= 11 is 0. The van der Waals surface area contributed by atoms with E-state index in [0.29, 0.717) is 25.6 Å². The van der Waals surface area contributed by atoms with Gasteiger partial charge in [-0.15, -0.1) is 0 Å². The molecule has 1 aromatic carbocycles. The predicted octanol–water partition coefficient (Wildman–Crippen LogP) is 2.59. The molecule has 0 radical (unpaired) electrons. The lowest BCUT2D eigenvalue weighted by molar-refractivity contribution is -0.123. The molecule has 5 nitrogen and oxygen atoms in total. The Hall–Kier alpha value is -2.47. The molecule has 25 heavy (non-hydrogen) atoms. The molecule has 132 valence electrons. The van der Waals surface area contributed by atoms with Crippen LogP contribution in [0.1, 0.15) is 24.0 Å². The lowest BCUT2D eigenvalue weighted by atomic mass is 9.95. The van der Waals surface area contributed by atoms with Crippen LogP contribution >= 0.6 is 0 Å². The Kier molecular flexibility index (Phi) is 5.28. The molecule has 3 rings (SSSR count). The van der Waals surface area contributed by atoms with E-state index in [4.69, 9.17) is 9.47 Å². The molecule has 1 saturated carbocycles. The number of hydrogen-bond donors (Lipinski definition) is 1. The monoisotopic (exact) mass is 344 g/mol. The average molecular weight is 344 g/mol. The first-order valence-corrected chi connectivity index (χ1v) is 8.26. The zero-order chi connectivity index (χ0) is 17.7. The second-order valence-corrected chi connectivity index (χ2v) is 6.08. The van der Waals surface area contributed by atoms with E-state index < -0.39 is 5.41 Å². The fourth-order valence-electron chi connectivity index (χ4n) is 2.80. The van der Waals surface area contributed by atoms with Gasteiger partial charge >= 0.3 is 0 Å². The van der Waals surface area contributed by atoms with Gasteiger partial charge in [0, 0.05) is 25.4 Å². The van der Waals surface area contributed by atoms with Crippen molar-refractivity contribution in [3.8, 4) is 5.88 Å². The van der Waals surface area contributed by atoms with Crippen molar-refractivity contribution in [1.29, 1.82) is 0 Å². The lowest BCUT2D eigenvalue weighted by Crippen LogP contribution is -2.34. The minimum absolute atomic E-state index is 0.0502. The number of amides is 1. The van der Waals surface area contributed by atoms with Crippen molar-refractivity contribution in [2.45, 2.75) is 24.8 Å². The van der Waals surface area contributed by atoms with Crippen LogP contribution in [0.25, 0.3) is 0 Å². The first-order valence-electron chi connectivity index (χ1n) is 8.26. The smallest absolute Gasteiger partial charge is 0.230 e. The van der Waals surface area contributed by atoms with Crippen molar-refractivity contribution in [3.63, 3.8) is 0 Å². The normalized spacial score (nSPS) is 14.8. The van der Waals surface area contributed by atoms with Gasteiger partial charge in [0.15, 0.2) is 0 Å². The minimum atomic E-state index is -0.535. The van der Waals surface area contributed by atoms with Crippen LogP contribution < -0.4 is 10.1 Å². The van der Waals surface area contributed by atoms with Crippen LogP contribution in [0.2, 0.25) is 0 Å². The second-order valence-electron chi connectivity index (χ2n) is 6.08. The maximum Gasteiger partial charge on any atom is 0.230 e. The third-order valence-corrected chi connectivity index (χ3v) is 4.40. The number of hydrogen-bond acceptors (Lipinski definition) is 4. The largest absolute Gasteiger partial charge is 0.475 e. The van der Waals surface area contributed by atoms with Crippen molar-refractivity contribution < 1.29 is 18.7 Å². The maximum atomic E-state index is 13.1. The highest BCUT2D eigenvalue weighted by molar-refractivity contribution is 5.91. The van der Waals surface area contributed by atoms with E-state index in [-0.39, 0.29) is 11.7 Å². The third-order valence-electron chi connectivity index (χ3n) is 4.40. The number of nitrogens with zero attached hydrogens (tertiary/aromatic N) is 1. The van der Waals surface area contributed by atoms with Crippen LogP contribution in [0.3, 0.4) is 0 Å². The van der Waals surface area contributed by atoms with Crippen molar-refractivity contribution in [1.82, 2.24) is 10.3 Å². The standard InChI is InChI=1S/C19H21FN2O3/c1-24-11-12-25-17-14(3-2-10-21-17)13-22-18(23)19(8-9-19)15-4-6-16(20)7-5-15/h2-7,10H,8-9,11-13H2,1H3,(H,22,23). The van der Waals surface area contributed by atoms with Crippen LogP contribution in [-0.2, 0) is 21.5 Å². The van der Waals surface area contributed by atoms with E-state index in [1.807, 2.05) is 6.07 Å². The van der Waals surface area contributed by atoms with Gasteiger partial charge in [-0.1, -0.05) is 18.2 Å². The van der Waals surface area contributed by atoms with Crippen molar-refractivity contribution in [3.05, 3.63) is 59.5 Å². The molecule has 1 N–H and O–H groups in total. The van der Waals surface area contributed by atoms with Crippen LogP contribution in [0.4, 0.5) is 4.39 Å². The third kappa shape index (κ3) is 3.96. The molecule has 1 amide bonds. The van der Waals surface area contributed by atoms with Gasteiger partial charge < -0.3 is 14.8 Å². The summed E-state index contributed by atoms with van der Waals surface area (Å²) < 4.78 is 23.6. The number of halogens is 1. The summed E-state index contributed by atoms with van der Waals surface area (Å²) in [5.74, 6) is 0.144. The quantitative estimate of drug-likeness (QED) is 0.748. The van der Waals surface area contributed by atoms with Gasteiger partial charge in [0.05, 0.1) is 12.0 Å². The van der Waals surface area contributed by atoms with E-state index in [1.165, 1.54) is 12.1 Å². The Morgan fingerprint density at radius 2 is 2.00 bits per heavy atom. The summed E-state index contributed by atoms with van der Waals surface area (Å²) in [6, 6.07) is 9.83. The maximum absolute atomic E-state index is 13.1. The highest BCUT2D eigenvalue weighted by atomic mass is 19.1. The first kappa shape index (κ1) is 17.4. The van der Waals surface area contributed by atoms with Crippen LogP contribution in [0.15, 0.2) is 42.6 Å². The van der Waals surface area contributed by atoms with Crippen molar-refractivity contribution in [2.24, 2.45) is 0 Å². The molecule has 0 atom stereocenters. The topological polar surface area (TPSA) is 60.5 Å². The number of methoxy groups -OCH3 is 1. The number of nitrogens with one attached hydrogen (secondary N) is 1. The van der Waals surface area contributed by atoms with E-state index in [2.05, 4.69) is 10.3 Å². The number of rotatable bonds is 8. The molecule has 2 aromatic rings. The van der Waals surface area contributed by atoms with Crippen molar-refractivity contribution >= 4 is 5.91 Å². The molecule has 1 aliphatic rings. The summed E-state index contributed by atoms with van der Waals surface area (Å²) in [5, 5.41) is 2.96. The van der Waals surface area contributed by atoms with E-state index in [9.17, 15) is 9.18 Å². The fourth-order valence-corrected chi connectivity index (χ4v) is 2.80. The molecule has 0 saturated heterocycles.